The largest absolute Gasteiger partial charge is 0.459 e. The number of nitrogens with two attached hydrogens (primary N) is 1. The predicted molar refractivity (Wildman–Crippen MR) is 107 cm³/mol. The Kier molecular flexibility index (Phi) is 5.69. The molecule has 1 unspecified atom stereocenters. The van der Waals surface area contributed by atoms with E-state index in [0.717, 1.165) is 10.8 Å². The van der Waals surface area contributed by atoms with Gasteiger partial charge in [0.25, 0.3) is 0 Å². The molecule has 3 rings (SSSR count). The zero-order chi connectivity index (χ0) is 20.5. The summed E-state index contributed by atoms with van der Waals surface area (Å²) in [5.41, 5.74) is 1.35. The smallest absolute Gasteiger partial charge is 0.238 e. The molecule has 2 N–H and O–H groups in total. The van der Waals surface area contributed by atoms with Crippen molar-refractivity contribution in [2.75, 3.05) is 7.05 Å². The van der Waals surface area contributed by atoms with Gasteiger partial charge in [0.05, 0.1) is 23.1 Å². The van der Waals surface area contributed by atoms with Crippen LogP contribution in [0.3, 0.4) is 0 Å². The van der Waals surface area contributed by atoms with E-state index in [4.69, 9.17) is 9.56 Å². The topological polar surface area (TPSA) is 106 Å². The molecule has 0 aliphatic rings. The molecule has 0 bridgehead atoms. The molecule has 1 aromatic carbocycles. The highest BCUT2D eigenvalue weighted by Gasteiger charge is 2.20. The van der Waals surface area contributed by atoms with E-state index in [0.29, 0.717) is 17.0 Å². The van der Waals surface area contributed by atoms with Crippen LogP contribution in [-0.2, 0) is 21.2 Å². The van der Waals surface area contributed by atoms with Gasteiger partial charge in [0.2, 0.25) is 15.9 Å². The number of carbonyl (C=O) groups is 1. The van der Waals surface area contributed by atoms with Crippen molar-refractivity contribution >= 4 is 27.3 Å². The van der Waals surface area contributed by atoms with Crippen LogP contribution in [0.1, 0.15) is 30.0 Å². The van der Waals surface area contributed by atoms with Crippen molar-refractivity contribution in [1.82, 2.24) is 9.88 Å². The van der Waals surface area contributed by atoms with Crippen molar-refractivity contribution in [3.05, 3.63) is 58.8 Å². The summed E-state index contributed by atoms with van der Waals surface area (Å²) >= 11 is 1.42. The Morgan fingerprint density at radius 1 is 1.32 bits per heavy atom. The van der Waals surface area contributed by atoms with Crippen molar-refractivity contribution < 1.29 is 17.6 Å². The second-order valence-corrected chi connectivity index (χ2v) is 8.95. The van der Waals surface area contributed by atoms with Gasteiger partial charge in [-0.15, -0.1) is 11.3 Å². The molecule has 148 valence electrons. The van der Waals surface area contributed by atoms with E-state index >= 15 is 0 Å². The van der Waals surface area contributed by atoms with E-state index in [2.05, 4.69) is 4.98 Å². The van der Waals surface area contributed by atoms with E-state index in [-0.39, 0.29) is 23.3 Å². The van der Waals surface area contributed by atoms with Crippen molar-refractivity contribution in [2.45, 2.75) is 31.2 Å². The molecule has 1 atom stereocenters. The fourth-order valence-electron chi connectivity index (χ4n) is 2.72. The quantitative estimate of drug-likeness (QED) is 0.661. The van der Waals surface area contributed by atoms with Gasteiger partial charge in [0.1, 0.15) is 5.76 Å². The van der Waals surface area contributed by atoms with Crippen LogP contribution in [0.4, 0.5) is 0 Å². The van der Waals surface area contributed by atoms with Crippen LogP contribution >= 0.6 is 11.3 Å². The number of rotatable bonds is 6. The molecule has 28 heavy (non-hydrogen) atoms. The summed E-state index contributed by atoms with van der Waals surface area (Å²) in [6, 6.07) is 9.70. The Hall–Kier alpha value is -2.49. The van der Waals surface area contributed by atoms with Gasteiger partial charge >= 0.3 is 0 Å². The van der Waals surface area contributed by atoms with Gasteiger partial charge in [-0.2, -0.15) is 0 Å². The number of aryl methyl sites for hydroxylation is 1. The van der Waals surface area contributed by atoms with Gasteiger partial charge < -0.3 is 9.32 Å². The number of thiazole rings is 1. The third-order valence-corrected chi connectivity index (χ3v) is 6.30. The van der Waals surface area contributed by atoms with Crippen LogP contribution in [-0.4, -0.2) is 31.3 Å². The number of hydrogen-bond acceptors (Lipinski definition) is 6. The van der Waals surface area contributed by atoms with Gasteiger partial charge in [0, 0.05) is 12.4 Å². The van der Waals surface area contributed by atoms with Crippen LogP contribution in [0.15, 0.2) is 51.1 Å². The lowest BCUT2D eigenvalue weighted by Crippen LogP contribution is -2.31. The summed E-state index contributed by atoms with van der Waals surface area (Å²) < 4.78 is 28.7. The third-order valence-electron chi connectivity index (χ3n) is 4.48. The average molecular weight is 420 g/mol. The molecular formula is C19H21N3O4S2. The molecule has 0 fully saturated rings. The van der Waals surface area contributed by atoms with Crippen molar-refractivity contribution in [2.24, 2.45) is 5.14 Å². The van der Waals surface area contributed by atoms with Crippen LogP contribution in [0.5, 0.6) is 0 Å². The third kappa shape index (κ3) is 4.49. The van der Waals surface area contributed by atoms with Gasteiger partial charge in [-0.1, -0.05) is 12.1 Å². The number of benzene rings is 1. The van der Waals surface area contributed by atoms with E-state index < -0.39 is 10.0 Å². The van der Waals surface area contributed by atoms with Crippen molar-refractivity contribution in [3.63, 3.8) is 0 Å². The Labute approximate surface area is 167 Å². The molecule has 9 heteroatoms. The lowest BCUT2D eigenvalue weighted by atomic mass is 10.1. The number of aromatic nitrogens is 1. The highest BCUT2D eigenvalue weighted by atomic mass is 32.2. The molecule has 2 heterocycles. The molecule has 0 spiro atoms. The number of carbonyl (C=O) groups excluding carboxylic acids is 1. The van der Waals surface area contributed by atoms with E-state index in [1.54, 1.807) is 24.1 Å². The predicted octanol–water partition coefficient (Wildman–Crippen LogP) is 3.12. The maximum absolute atomic E-state index is 12.7. The van der Waals surface area contributed by atoms with Gasteiger partial charge in [-0.3, -0.25) is 4.79 Å². The van der Waals surface area contributed by atoms with E-state index in [9.17, 15) is 13.2 Å². The highest BCUT2D eigenvalue weighted by Crippen LogP contribution is 2.27. The number of nitrogens with zero attached hydrogens (tertiary/aromatic N) is 2. The minimum Gasteiger partial charge on any atom is -0.459 e. The first kappa shape index (κ1) is 20.2. The van der Waals surface area contributed by atoms with Gasteiger partial charge in [-0.25, -0.2) is 18.5 Å². The Morgan fingerprint density at radius 3 is 2.71 bits per heavy atom. The lowest BCUT2D eigenvalue weighted by molar-refractivity contribution is -0.131. The first-order valence-electron chi connectivity index (χ1n) is 8.55. The summed E-state index contributed by atoms with van der Waals surface area (Å²) in [7, 11) is -2.12. The number of furan rings is 1. The number of amides is 1. The summed E-state index contributed by atoms with van der Waals surface area (Å²) in [5, 5.41) is 7.76. The normalized spacial score (nSPS) is 12.7. The molecular weight excluding hydrogens is 398 g/mol. The van der Waals surface area contributed by atoms with Gasteiger partial charge in [0.15, 0.2) is 10.8 Å². The second-order valence-electron chi connectivity index (χ2n) is 6.53. The van der Waals surface area contributed by atoms with Gasteiger partial charge in [-0.05, 0) is 43.7 Å². The maximum atomic E-state index is 12.7. The monoisotopic (exact) mass is 419 g/mol. The molecule has 7 nitrogen and oxygen atoms in total. The fraction of sp³-hybridized carbons (Fsp3) is 0.263. The Morgan fingerprint density at radius 2 is 2.07 bits per heavy atom. The Balaban J connectivity index is 1.72. The zero-order valence-electron chi connectivity index (χ0n) is 15.7. The molecule has 0 radical (unpaired) electrons. The number of sulfonamides is 1. The average Bonchev–Trinajstić information content (AvgIpc) is 3.28. The summed E-state index contributed by atoms with van der Waals surface area (Å²) in [5.74, 6) is 1.36. The summed E-state index contributed by atoms with van der Waals surface area (Å²) in [6.45, 7) is 3.70. The molecule has 0 aliphatic heterocycles. The van der Waals surface area contributed by atoms with E-state index in [1.807, 2.05) is 31.4 Å². The standard InChI is InChI=1S/C19H21N3O4S2/c1-12-7-8-17(26-12)19-21-15(11-27-19)10-18(23)22(3)13(2)14-5-4-6-16(9-14)28(20,24)25/h4-9,11,13H,10H2,1-3H3,(H2,20,24,25). The molecule has 1 amide bonds. The summed E-state index contributed by atoms with van der Waals surface area (Å²) in [6.07, 6.45) is 0.145. The van der Waals surface area contributed by atoms with Crippen LogP contribution in [0.2, 0.25) is 0 Å². The lowest BCUT2D eigenvalue weighted by Gasteiger charge is -2.25. The van der Waals surface area contributed by atoms with E-state index in [1.165, 1.54) is 23.5 Å². The first-order valence-corrected chi connectivity index (χ1v) is 11.0. The van der Waals surface area contributed by atoms with Crippen molar-refractivity contribution in [1.29, 1.82) is 0 Å². The number of hydrogen-bond donors (Lipinski definition) is 1. The SMILES string of the molecule is Cc1ccc(-c2nc(CC(=O)N(C)C(C)c3cccc(S(N)(=O)=O)c3)cs2)o1. The number of primary sulfonamides is 1. The first-order chi connectivity index (χ1) is 13.1. The zero-order valence-corrected chi connectivity index (χ0v) is 17.4. The minimum absolute atomic E-state index is 0.0237. The van der Waals surface area contributed by atoms with Crippen LogP contribution < -0.4 is 5.14 Å². The van der Waals surface area contributed by atoms with Crippen molar-refractivity contribution in [3.8, 4) is 10.8 Å². The fourth-order valence-corrected chi connectivity index (χ4v) is 4.07. The number of likely N-dealkylation sites (N-methyl/N-ethyl adjacent to an activating group) is 1. The minimum atomic E-state index is -3.80. The Bertz CT molecular complexity index is 1100. The van der Waals surface area contributed by atoms with Crippen LogP contribution in [0, 0.1) is 6.92 Å². The molecule has 0 saturated heterocycles. The molecule has 0 saturated carbocycles. The highest BCUT2D eigenvalue weighted by molar-refractivity contribution is 7.89. The van der Waals surface area contributed by atoms with Crippen LogP contribution in [0.25, 0.3) is 10.8 Å². The second kappa shape index (κ2) is 7.86. The summed E-state index contributed by atoms with van der Waals surface area (Å²) in [4.78, 5) is 18.8. The molecule has 3 aromatic rings. The molecule has 0 aliphatic carbocycles. The maximum Gasteiger partial charge on any atom is 0.238 e. The molecule has 2 aromatic heterocycles.